The first-order chi connectivity index (χ1) is 8.08. The number of likely N-dealkylation sites (N-methyl/N-ethyl adjacent to an activating group) is 1. The number of amides is 2. The molecule has 0 spiro atoms. The molecular weight excluding hydrogens is 220 g/mol. The van der Waals surface area contributed by atoms with Crippen molar-refractivity contribution in [2.24, 2.45) is 0 Å². The summed E-state index contributed by atoms with van der Waals surface area (Å²) in [6.45, 7) is 1.24. The summed E-state index contributed by atoms with van der Waals surface area (Å²) >= 11 is 0. The Morgan fingerprint density at radius 3 is 2.59 bits per heavy atom. The molecule has 17 heavy (non-hydrogen) atoms. The first-order valence-corrected chi connectivity index (χ1v) is 5.40. The lowest BCUT2D eigenvalue weighted by Crippen LogP contribution is -2.48. The van der Waals surface area contributed by atoms with E-state index in [0.29, 0.717) is 13.1 Å². The molecule has 0 radical (unpaired) electrons. The Balaban J connectivity index is 2.12. The highest BCUT2D eigenvalue weighted by molar-refractivity contribution is 5.87. The lowest BCUT2D eigenvalue weighted by Gasteiger charge is -2.30. The maximum atomic E-state index is 11.3. The average molecular weight is 234 g/mol. The number of nitrogens with zero attached hydrogens (tertiary/aromatic N) is 1. The SMILES string of the molecule is CN1CC(c2ccc(C(=O)O)cc2)CNC1=O. The third-order valence-corrected chi connectivity index (χ3v) is 2.97. The zero-order valence-electron chi connectivity index (χ0n) is 9.51. The van der Waals surface area contributed by atoms with Gasteiger partial charge in [0.25, 0.3) is 0 Å². The van der Waals surface area contributed by atoms with Gasteiger partial charge in [0.2, 0.25) is 0 Å². The topological polar surface area (TPSA) is 69.6 Å². The van der Waals surface area contributed by atoms with E-state index in [1.54, 1.807) is 36.2 Å². The van der Waals surface area contributed by atoms with Crippen LogP contribution in [0.25, 0.3) is 0 Å². The van der Waals surface area contributed by atoms with Crippen LogP contribution in [0, 0.1) is 0 Å². The quantitative estimate of drug-likeness (QED) is 0.805. The van der Waals surface area contributed by atoms with Gasteiger partial charge in [-0.3, -0.25) is 0 Å². The van der Waals surface area contributed by atoms with Crippen LogP contribution in [-0.4, -0.2) is 42.1 Å². The highest BCUT2D eigenvalue weighted by Crippen LogP contribution is 2.19. The number of carboxylic acids is 1. The van der Waals surface area contributed by atoms with Gasteiger partial charge in [-0.2, -0.15) is 0 Å². The standard InChI is InChI=1S/C12H14N2O3/c1-14-7-10(6-13-12(14)17)8-2-4-9(5-3-8)11(15)16/h2-5,10H,6-7H2,1H3,(H,13,17)(H,15,16). The van der Waals surface area contributed by atoms with E-state index in [1.807, 2.05) is 0 Å². The predicted molar refractivity (Wildman–Crippen MR) is 62.2 cm³/mol. The highest BCUT2D eigenvalue weighted by Gasteiger charge is 2.23. The minimum absolute atomic E-state index is 0.0663. The number of carbonyl (C=O) groups excluding carboxylic acids is 1. The molecule has 2 N–H and O–H groups in total. The maximum Gasteiger partial charge on any atom is 0.335 e. The molecular formula is C12H14N2O3. The molecule has 0 saturated carbocycles. The lowest BCUT2D eigenvalue weighted by atomic mass is 9.96. The Hall–Kier alpha value is -2.04. The molecule has 1 aliphatic heterocycles. The molecule has 1 atom stereocenters. The first-order valence-electron chi connectivity index (χ1n) is 5.40. The van der Waals surface area contributed by atoms with Crippen LogP contribution < -0.4 is 5.32 Å². The summed E-state index contributed by atoms with van der Waals surface area (Å²) in [6.07, 6.45) is 0. The number of carbonyl (C=O) groups is 2. The van der Waals surface area contributed by atoms with Crippen molar-refractivity contribution < 1.29 is 14.7 Å². The number of nitrogens with one attached hydrogen (secondary N) is 1. The summed E-state index contributed by atoms with van der Waals surface area (Å²) in [6, 6.07) is 6.73. The van der Waals surface area contributed by atoms with E-state index in [2.05, 4.69) is 5.32 Å². The number of hydrogen-bond donors (Lipinski definition) is 2. The van der Waals surface area contributed by atoms with E-state index < -0.39 is 5.97 Å². The fourth-order valence-electron chi connectivity index (χ4n) is 1.94. The smallest absolute Gasteiger partial charge is 0.335 e. The lowest BCUT2D eigenvalue weighted by molar-refractivity contribution is 0.0697. The zero-order chi connectivity index (χ0) is 12.4. The number of hydrogen-bond acceptors (Lipinski definition) is 2. The van der Waals surface area contributed by atoms with Crippen molar-refractivity contribution in [3.63, 3.8) is 0 Å². The number of aromatic carboxylic acids is 1. The Morgan fingerprint density at radius 2 is 2.06 bits per heavy atom. The number of rotatable bonds is 2. The molecule has 5 nitrogen and oxygen atoms in total. The van der Waals surface area contributed by atoms with Crippen molar-refractivity contribution in [2.45, 2.75) is 5.92 Å². The van der Waals surface area contributed by atoms with Crippen LogP contribution in [0.3, 0.4) is 0 Å². The summed E-state index contributed by atoms with van der Waals surface area (Å²) in [5, 5.41) is 11.6. The van der Waals surface area contributed by atoms with Crippen molar-refractivity contribution in [2.75, 3.05) is 20.1 Å². The van der Waals surface area contributed by atoms with Gasteiger partial charge in [-0.25, -0.2) is 9.59 Å². The Kier molecular flexibility index (Phi) is 2.99. The van der Waals surface area contributed by atoms with Crippen LogP contribution in [0.1, 0.15) is 21.8 Å². The van der Waals surface area contributed by atoms with E-state index in [-0.39, 0.29) is 17.5 Å². The summed E-state index contributed by atoms with van der Waals surface area (Å²) in [4.78, 5) is 23.6. The predicted octanol–water partition coefficient (Wildman–Crippen LogP) is 1.12. The monoisotopic (exact) mass is 234 g/mol. The molecule has 1 saturated heterocycles. The van der Waals surface area contributed by atoms with Crippen LogP contribution in [0.5, 0.6) is 0 Å². The molecule has 5 heteroatoms. The molecule has 2 amide bonds. The fraction of sp³-hybridized carbons (Fsp3) is 0.333. The molecule has 1 aliphatic rings. The summed E-state index contributed by atoms with van der Waals surface area (Å²) in [5.74, 6) is -0.717. The third kappa shape index (κ3) is 2.38. The number of urea groups is 1. The van der Waals surface area contributed by atoms with Crippen LogP contribution >= 0.6 is 0 Å². The van der Waals surface area contributed by atoms with Crippen molar-refractivity contribution in [1.82, 2.24) is 10.2 Å². The molecule has 2 rings (SSSR count). The Labute approximate surface area is 99.0 Å². The summed E-state index contributed by atoms with van der Waals surface area (Å²) in [5.41, 5.74) is 1.32. The van der Waals surface area contributed by atoms with Crippen LogP contribution in [0.4, 0.5) is 4.79 Å². The first kappa shape index (κ1) is 11.4. The van der Waals surface area contributed by atoms with Crippen molar-refractivity contribution in [3.8, 4) is 0 Å². The van der Waals surface area contributed by atoms with Crippen LogP contribution in [0.15, 0.2) is 24.3 Å². The van der Waals surface area contributed by atoms with E-state index in [9.17, 15) is 9.59 Å². The molecule has 1 unspecified atom stereocenters. The van der Waals surface area contributed by atoms with Crippen LogP contribution in [-0.2, 0) is 0 Å². The van der Waals surface area contributed by atoms with E-state index in [1.165, 1.54) is 0 Å². The largest absolute Gasteiger partial charge is 0.478 e. The second-order valence-corrected chi connectivity index (χ2v) is 4.19. The van der Waals surface area contributed by atoms with Crippen molar-refractivity contribution >= 4 is 12.0 Å². The van der Waals surface area contributed by atoms with Crippen molar-refractivity contribution in [3.05, 3.63) is 35.4 Å². The van der Waals surface area contributed by atoms with Gasteiger partial charge in [0.1, 0.15) is 0 Å². The van der Waals surface area contributed by atoms with Gasteiger partial charge in [0.05, 0.1) is 5.56 Å². The zero-order valence-corrected chi connectivity index (χ0v) is 9.51. The van der Waals surface area contributed by atoms with Crippen LogP contribution in [0.2, 0.25) is 0 Å². The van der Waals surface area contributed by atoms with E-state index in [4.69, 9.17) is 5.11 Å². The fourth-order valence-corrected chi connectivity index (χ4v) is 1.94. The van der Waals surface area contributed by atoms with Gasteiger partial charge >= 0.3 is 12.0 Å². The van der Waals surface area contributed by atoms with Gasteiger partial charge in [-0.15, -0.1) is 0 Å². The van der Waals surface area contributed by atoms with Gasteiger partial charge < -0.3 is 15.3 Å². The molecule has 0 aromatic heterocycles. The third-order valence-electron chi connectivity index (χ3n) is 2.97. The molecule has 0 bridgehead atoms. The number of benzene rings is 1. The number of carboxylic acid groups (broad SMARTS) is 1. The average Bonchev–Trinajstić information content (AvgIpc) is 2.33. The molecule has 90 valence electrons. The van der Waals surface area contributed by atoms with Gasteiger partial charge in [-0.1, -0.05) is 12.1 Å². The molecule has 1 heterocycles. The van der Waals surface area contributed by atoms with E-state index in [0.717, 1.165) is 5.56 Å². The maximum absolute atomic E-state index is 11.3. The second-order valence-electron chi connectivity index (χ2n) is 4.19. The molecule has 1 aromatic carbocycles. The Bertz CT molecular complexity index is 442. The summed E-state index contributed by atoms with van der Waals surface area (Å²) < 4.78 is 0. The normalized spacial score (nSPS) is 19.9. The minimum atomic E-state index is -0.925. The van der Waals surface area contributed by atoms with Gasteiger partial charge in [0, 0.05) is 26.1 Å². The molecule has 0 aliphatic carbocycles. The van der Waals surface area contributed by atoms with Gasteiger partial charge in [0.15, 0.2) is 0 Å². The minimum Gasteiger partial charge on any atom is -0.478 e. The highest BCUT2D eigenvalue weighted by atomic mass is 16.4. The summed E-state index contributed by atoms with van der Waals surface area (Å²) in [7, 11) is 1.74. The van der Waals surface area contributed by atoms with Crippen molar-refractivity contribution in [1.29, 1.82) is 0 Å². The van der Waals surface area contributed by atoms with Gasteiger partial charge in [-0.05, 0) is 17.7 Å². The molecule has 1 fully saturated rings. The van der Waals surface area contributed by atoms with E-state index >= 15 is 0 Å². The Morgan fingerprint density at radius 1 is 1.41 bits per heavy atom. The second kappa shape index (κ2) is 4.45. The molecule has 1 aromatic rings.